The van der Waals surface area contributed by atoms with Crippen LogP contribution in [0.2, 0.25) is 0 Å². The lowest BCUT2D eigenvalue weighted by Gasteiger charge is -2.20. The molecule has 2 nitrogen and oxygen atoms in total. The number of hydrogen-bond acceptors (Lipinski definition) is 2. The zero-order valence-corrected chi connectivity index (χ0v) is 12.0. The Morgan fingerprint density at radius 3 is 2.12 bits per heavy atom. The summed E-state index contributed by atoms with van der Waals surface area (Å²) in [5.74, 6) is -0.244. The van der Waals surface area contributed by atoms with Gasteiger partial charge in [-0.1, -0.05) is 45.6 Å². The summed E-state index contributed by atoms with van der Waals surface area (Å²) in [4.78, 5) is 11.6. The molecule has 0 N–H and O–H groups in total. The highest BCUT2D eigenvalue weighted by Gasteiger charge is 2.17. The third kappa shape index (κ3) is 10.1. The molecule has 0 aliphatic carbocycles. The normalized spacial score (nSPS) is 11.3. The van der Waals surface area contributed by atoms with Crippen LogP contribution >= 0.6 is 0 Å². The predicted octanol–water partition coefficient (Wildman–Crippen LogP) is 4.63. The molecular formula is C15H28O2. The Morgan fingerprint density at radius 1 is 1.06 bits per heavy atom. The topological polar surface area (TPSA) is 26.3 Å². The van der Waals surface area contributed by atoms with Gasteiger partial charge in [0.05, 0.1) is 0 Å². The van der Waals surface area contributed by atoms with Crippen molar-refractivity contribution in [1.82, 2.24) is 0 Å². The first kappa shape index (κ1) is 16.2. The number of esters is 1. The molecule has 0 atom stereocenters. The molecule has 0 rings (SSSR count). The molecule has 0 aromatic heterocycles. The van der Waals surface area contributed by atoms with Gasteiger partial charge in [-0.3, -0.25) is 0 Å². The van der Waals surface area contributed by atoms with Crippen molar-refractivity contribution < 1.29 is 9.53 Å². The molecule has 0 saturated heterocycles. The summed E-state index contributed by atoms with van der Waals surface area (Å²) >= 11 is 0. The van der Waals surface area contributed by atoms with E-state index in [0.717, 1.165) is 12.8 Å². The van der Waals surface area contributed by atoms with Crippen molar-refractivity contribution in [2.75, 3.05) is 0 Å². The summed E-state index contributed by atoms with van der Waals surface area (Å²) in [6.45, 7) is 11.6. The van der Waals surface area contributed by atoms with Gasteiger partial charge in [-0.05, 0) is 33.6 Å². The van der Waals surface area contributed by atoms with E-state index in [1.54, 1.807) is 0 Å². The van der Waals surface area contributed by atoms with Gasteiger partial charge >= 0.3 is 5.97 Å². The third-order valence-electron chi connectivity index (χ3n) is 2.52. The van der Waals surface area contributed by atoms with Gasteiger partial charge in [0.2, 0.25) is 0 Å². The molecule has 0 aromatic carbocycles. The van der Waals surface area contributed by atoms with E-state index in [4.69, 9.17) is 4.74 Å². The monoisotopic (exact) mass is 240 g/mol. The van der Waals surface area contributed by atoms with Gasteiger partial charge in [-0.2, -0.15) is 0 Å². The lowest BCUT2D eigenvalue weighted by atomic mass is 10.1. The van der Waals surface area contributed by atoms with Gasteiger partial charge in [0.1, 0.15) is 5.60 Å². The van der Waals surface area contributed by atoms with E-state index in [-0.39, 0.29) is 5.97 Å². The Bertz CT molecular complexity index is 236. The molecule has 0 bridgehead atoms. The molecule has 0 fully saturated rings. The van der Waals surface area contributed by atoms with Crippen molar-refractivity contribution in [3.63, 3.8) is 0 Å². The zero-order chi connectivity index (χ0) is 13.3. The van der Waals surface area contributed by atoms with E-state index in [2.05, 4.69) is 13.5 Å². The van der Waals surface area contributed by atoms with Crippen molar-refractivity contribution in [1.29, 1.82) is 0 Å². The molecule has 100 valence electrons. The second-order valence-corrected chi connectivity index (χ2v) is 5.62. The minimum absolute atomic E-state index is 0.244. The maximum Gasteiger partial charge on any atom is 0.333 e. The molecule has 17 heavy (non-hydrogen) atoms. The highest BCUT2D eigenvalue weighted by Crippen LogP contribution is 2.15. The highest BCUT2D eigenvalue weighted by molar-refractivity contribution is 5.87. The van der Waals surface area contributed by atoms with Crippen LogP contribution in [0.15, 0.2) is 12.2 Å². The average Bonchev–Trinajstić information content (AvgIpc) is 2.20. The van der Waals surface area contributed by atoms with E-state index in [0.29, 0.717) is 5.57 Å². The van der Waals surface area contributed by atoms with Crippen LogP contribution in [0, 0.1) is 0 Å². The van der Waals surface area contributed by atoms with Crippen LogP contribution < -0.4 is 0 Å². The van der Waals surface area contributed by atoms with Crippen molar-refractivity contribution in [2.24, 2.45) is 0 Å². The van der Waals surface area contributed by atoms with Crippen molar-refractivity contribution in [3.8, 4) is 0 Å². The fraction of sp³-hybridized carbons (Fsp3) is 0.800. The summed E-state index contributed by atoms with van der Waals surface area (Å²) in [6, 6.07) is 0. The minimum Gasteiger partial charge on any atom is -0.457 e. The van der Waals surface area contributed by atoms with Crippen molar-refractivity contribution >= 4 is 5.97 Å². The predicted molar refractivity (Wildman–Crippen MR) is 73.0 cm³/mol. The number of hydrogen-bond donors (Lipinski definition) is 0. The molecular weight excluding hydrogens is 212 g/mol. The summed E-state index contributed by atoms with van der Waals surface area (Å²) in [6.07, 6.45) is 8.13. The molecule has 0 spiro atoms. The van der Waals surface area contributed by atoms with Crippen molar-refractivity contribution in [3.05, 3.63) is 12.2 Å². The van der Waals surface area contributed by atoms with Gasteiger partial charge in [-0.25, -0.2) is 4.79 Å². The molecule has 0 unspecified atom stereocenters. The van der Waals surface area contributed by atoms with Gasteiger partial charge in [0, 0.05) is 5.57 Å². The lowest BCUT2D eigenvalue weighted by Crippen LogP contribution is -2.24. The van der Waals surface area contributed by atoms with E-state index in [9.17, 15) is 4.79 Å². The largest absolute Gasteiger partial charge is 0.457 e. The number of unbranched alkanes of at least 4 members (excludes halogenated alkanes) is 5. The summed E-state index contributed by atoms with van der Waals surface area (Å²) in [7, 11) is 0. The Hall–Kier alpha value is -0.790. The zero-order valence-electron chi connectivity index (χ0n) is 12.0. The second-order valence-electron chi connectivity index (χ2n) is 5.62. The smallest absolute Gasteiger partial charge is 0.333 e. The van der Waals surface area contributed by atoms with E-state index < -0.39 is 5.60 Å². The second kappa shape index (κ2) is 8.32. The molecule has 0 radical (unpaired) electrons. The van der Waals surface area contributed by atoms with Crippen LogP contribution in [0.25, 0.3) is 0 Å². The molecule has 0 heterocycles. The van der Waals surface area contributed by atoms with E-state index in [1.165, 1.54) is 32.1 Å². The van der Waals surface area contributed by atoms with Gasteiger partial charge in [-0.15, -0.1) is 0 Å². The Morgan fingerprint density at radius 2 is 1.59 bits per heavy atom. The van der Waals surface area contributed by atoms with Crippen LogP contribution in [0.5, 0.6) is 0 Å². The van der Waals surface area contributed by atoms with Gasteiger partial charge in [0.25, 0.3) is 0 Å². The first-order valence-electron chi connectivity index (χ1n) is 6.78. The molecule has 2 heteroatoms. The maximum absolute atomic E-state index is 11.6. The Kier molecular flexibility index (Phi) is 7.94. The lowest BCUT2D eigenvalue weighted by molar-refractivity contribution is -0.150. The summed E-state index contributed by atoms with van der Waals surface area (Å²) < 4.78 is 5.26. The fourth-order valence-electron chi connectivity index (χ4n) is 1.57. The van der Waals surface area contributed by atoms with Gasteiger partial charge in [0.15, 0.2) is 0 Å². The maximum atomic E-state index is 11.6. The first-order valence-corrected chi connectivity index (χ1v) is 6.78. The number of rotatable bonds is 8. The molecule has 0 amide bonds. The standard InChI is InChI=1S/C15H28O2/c1-6-7-8-9-10-11-12-13(2)14(16)17-15(3,4)5/h2,6-12H2,1,3-5H3. The fourth-order valence-corrected chi connectivity index (χ4v) is 1.57. The molecule has 0 aliphatic heterocycles. The minimum atomic E-state index is -0.416. The summed E-state index contributed by atoms with van der Waals surface area (Å²) in [5.41, 5.74) is 0.191. The van der Waals surface area contributed by atoms with E-state index >= 15 is 0 Å². The van der Waals surface area contributed by atoms with Crippen LogP contribution in [-0.2, 0) is 9.53 Å². The van der Waals surface area contributed by atoms with Gasteiger partial charge < -0.3 is 4.74 Å². The number of carbonyl (C=O) groups is 1. The van der Waals surface area contributed by atoms with Crippen LogP contribution in [0.4, 0.5) is 0 Å². The highest BCUT2D eigenvalue weighted by atomic mass is 16.6. The van der Waals surface area contributed by atoms with E-state index in [1.807, 2.05) is 20.8 Å². The Balaban J connectivity index is 3.62. The van der Waals surface area contributed by atoms with Crippen LogP contribution in [0.3, 0.4) is 0 Å². The first-order chi connectivity index (χ1) is 7.87. The van der Waals surface area contributed by atoms with Crippen LogP contribution in [-0.4, -0.2) is 11.6 Å². The van der Waals surface area contributed by atoms with Crippen molar-refractivity contribution in [2.45, 2.75) is 78.2 Å². The summed E-state index contributed by atoms with van der Waals surface area (Å²) in [5, 5.41) is 0. The van der Waals surface area contributed by atoms with Crippen LogP contribution in [0.1, 0.15) is 72.6 Å². The number of carbonyl (C=O) groups excluding carboxylic acids is 1. The SMILES string of the molecule is C=C(CCCCCCCC)C(=O)OC(C)(C)C. The molecule has 0 aliphatic rings. The quantitative estimate of drug-likeness (QED) is 0.351. The Labute approximate surface area is 106 Å². The third-order valence-corrected chi connectivity index (χ3v) is 2.52. The average molecular weight is 240 g/mol. The number of ether oxygens (including phenoxy) is 1. The molecule has 0 aromatic rings. The molecule has 0 saturated carbocycles.